The second-order valence-electron chi connectivity index (χ2n) is 12.3. The quantitative estimate of drug-likeness (QED) is 0.276. The predicted molar refractivity (Wildman–Crippen MR) is 167 cm³/mol. The smallest absolute Gasteiger partial charge is 0.306 e. The van der Waals surface area contributed by atoms with E-state index in [1.807, 2.05) is 24.3 Å². The topological polar surface area (TPSA) is 91.8 Å². The van der Waals surface area contributed by atoms with Crippen LogP contribution in [0.1, 0.15) is 60.8 Å². The summed E-state index contributed by atoms with van der Waals surface area (Å²) >= 11 is 12.8. The zero-order chi connectivity index (χ0) is 31.2. The summed E-state index contributed by atoms with van der Waals surface area (Å²) in [5.74, 6) is -2.22. The van der Waals surface area contributed by atoms with Crippen molar-refractivity contribution in [2.75, 3.05) is 6.54 Å². The van der Waals surface area contributed by atoms with Crippen LogP contribution in [0.5, 0.6) is 0 Å². The Balaban J connectivity index is 1.35. The Morgan fingerprint density at radius 3 is 2.23 bits per heavy atom. The van der Waals surface area contributed by atoms with Crippen molar-refractivity contribution in [3.63, 3.8) is 0 Å². The van der Waals surface area contributed by atoms with Crippen molar-refractivity contribution in [3.05, 3.63) is 98.8 Å². The largest absolute Gasteiger partial charge is 0.481 e. The van der Waals surface area contributed by atoms with Crippen molar-refractivity contribution in [2.24, 2.45) is 11.8 Å². The molecule has 0 aromatic heterocycles. The van der Waals surface area contributed by atoms with Gasteiger partial charge in [0.05, 0.1) is 16.9 Å². The van der Waals surface area contributed by atoms with E-state index in [2.05, 4.69) is 6.07 Å². The van der Waals surface area contributed by atoms with Crippen molar-refractivity contribution in [1.29, 1.82) is 0 Å². The molecule has 1 saturated heterocycles. The number of likely N-dealkylation sites (tertiary alicyclic amines) is 1. The van der Waals surface area contributed by atoms with E-state index in [1.54, 1.807) is 11.0 Å². The molecule has 1 aliphatic heterocycles. The van der Waals surface area contributed by atoms with Gasteiger partial charge in [0.15, 0.2) is 9.84 Å². The molecule has 3 aromatic rings. The number of amides is 1. The number of halogens is 3. The molecule has 0 radical (unpaired) electrons. The maximum absolute atomic E-state index is 14.6. The molecule has 3 aliphatic rings. The lowest BCUT2D eigenvalue weighted by atomic mass is 9.77. The van der Waals surface area contributed by atoms with Crippen LogP contribution in [-0.4, -0.2) is 42.9 Å². The van der Waals surface area contributed by atoms with Crippen molar-refractivity contribution in [3.8, 4) is 0 Å². The number of hydrogen-bond donors (Lipinski definition) is 1. The summed E-state index contributed by atoms with van der Waals surface area (Å²) in [6, 6.07) is 15.7. The third-order valence-corrected chi connectivity index (χ3v) is 13.2. The molecule has 2 fully saturated rings. The lowest BCUT2D eigenvalue weighted by Crippen LogP contribution is -2.53. The van der Waals surface area contributed by atoms with E-state index in [0.717, 1.165) is 28.8 Å². The molecule has 2 aliphatic carbocycles. The van der Waals surface area contributed by atoms with E-state index in [9.17, 15) is 27.5 Å². The Bertz CT molecular complexity index is 1680. The number of sulfone groups is 1. The Kier molecular flexibility index (Phi) is 8.54. The first-order chi connectivity index (χ1) is 21.0. The summed E-state index contributed by atoms with van der Waals surface area (Å²) in [4.78, 5) is 27.2. The van der Waals surface area contributed by atoms with Crippen LogP contribution in [-0.2, 0) is 43.4 Å². The fraction of sp³-hybridized carbons (Fsp3) is 0.412. The number of carbonyl (C=O) groups is 2. The minimum Gasteiger partial charge on any atom is -0.481 e. The standard InChI is InChI=1S/C34H34Cl2FNO5S/c35-29-2-1-3-30(36)27(29)15-4-21-5-16-28-24(20-21)10-17-31-34(28,44(42,43)26-13-11-25(37)12-14-26)18-19-38(31)32(39)22-6-8-23(9-7-22)33(40)41/h1-3,5,11-14,16,20,22-23,31H,4,6-10,15,17-19H2,(H,40,41)/t22-,23-,31-,34-/m1/s1. The maximum Gasteiger partial charge on any atom is 0.306 e. The molecule has 6 nitrogen and oxygen atoms in total. The second kappa shape index (κ2) is 12.1. The number of benzene rings is 3. The van der Waals surface area contributed by atoms with Gasteiger partial charge in [-0.1, -0.05) is 47.5 Å². The average Bonchev–Trinajstić information content (AvgIpc) is 3.42. The monoisotopic (exact) mass is 657 g/mol. The van der Waals surface area contributed by atoms with E-state index in [0.29, 0.717) is 67.0 Å². The van der Waals surface area contributed by atoms with Gasteiger partial charge in [-0.2, -0.15) is 0 Å². The highest BCUT2D eigenvalue weighted by Gasteiger charge is 2.61. The summed E-state index contributed by atoms with van der Waals surface area (Å²) in [7, 11) is -4.06. The normalized spacial score (nSPS) is 24.9. The number of hydrogen-bond acceptors (Lipinski definition) is 4. The Labute approximate surface area is 267 Å². The SMILES string of the molecule is O=C(O)[C@H]1CC[C@H](C(=O)N2CC[C@@]3(S(=O)(=O)c4ccc(F)cc4)c4ccc(CCc5c(Cl)cccc5Cl)cc4CC[C@@H]23)CC1. The number of carbonyl (C=O) groups excluding carboxylic acids is 1. The minimum absolute atomic E-state index is 0.0328. The molecule has 2 atom stereocenters. The Morgan fingerprint density at radius 1 is 0.909 bits per heavy atom. The van der Waals surface area contributed by atoms with Gasteiger partial charge in [0.25, 0.3) is 0 Å². The van der Waals surface area contributed by atoms with Crippen molar-refractivity contribution < 1.29 is 27.5 Å². The number of carboxylic acid groups (broad SMARTS) is 1. The number of aliphatic carboxylic acids is 1. The minimum atomic E-state index is -4.06. The van der Waals surface area contributed by atoms with Crippen LogP contribution in [0.2, 0.25) is 10.0 Å². The van der Waals surface area contributed by atoms with Gasteiger partial charge in [-0.15, -0.1) is 0 Å². The van der Waals surface area contributed by atoms with Crippen LogP contribution in [0.15, 0.2) is 65.6 Å². The molecule has 6 rings (SSSR count). The summed E-state index contributed by atoms with van der Waals surface area (Å²) in [5, 5.41) is 10.6. The zero-order valence-electron chi connectivity index (χ0n) is 24.1. The summed E-state index contributed by atoms with van der Waals surface area (Å²) in [5.41, 5.74) is 3.54. The van der Waals surface area contributed by atoms with Gasteiger partial charge >= 0.3 is 5.97 Å². The first kappa shape index (κ1) is 31.1. The fourth-order valence-electron chi connectivity index (χ4n) is 7.69. The van der Waals surface area contributed by atoms with Gasteiger partial charge in [0.1, 0.15) is 10.6 Å². The molecular formula is C34H34Cl2FNO5S. The van der Waals surface area contributed by atoms with Crippen LogP contribution in [0.3, 0.4) is 0 Å². The molecule has 3 aromatic carbocycles. The van der Waals surface area contributed by atoms with E-state index in [4.69, 9.17) is 23.2 Å². The molecule has 44 heavy (non-hydrogen) atoms. The highest BCUT2D eigenvalue weighted by molar-refractivity contribution is 7.92. The van der Waals surface area contributed by atoms with Crippen LogP contribution in [0, 0.1) is 17.7 Å². The lowest BCUT2D eigenvalue weighted by Gasteiger charge is -2.43. The van der Waals surface area contributed by atoms with Gasteiger partial charge in [-0.25, -0.2) is 12.8 Å². The van der Waals surface area contributed by atoms with Crippen LogP contribution in [0.25, 0.3) is 0 Å². The number of fused-ring (bicyclic) bond motifs is 3. The van der Waals surface area contributed by atoms with Gasteiger partial charge < -0.3 is 10.0 Å². The van der Waals surface area contributed by atoms with E-state index >= 15 is 0 Å². The highest BCUT2D eigenvalue weighted by Crippen LogP contribution is 2.53. The predicted octanol–water partition coefficient (Wildman–Crippen LogP) is 7.03. The van der Waals surface area contributed by atoms with Gasteiger partial charge in [-0.3, -0.25) is 9.59 Å². The molecular weight excluding hydrogens is 624 g/mol. The first-order valence-corrected chi connectivity index (χ1v) is 17.4. The molecule has 0 unspecified atom stereocenters. The summed E-state index contributed by atoms with van der Waals surface area (Å²) in [6.45, 7) is 0.287. The molecule has 0 spiro atoms. The number of nitrogens with zero attached hydrogens (tertiary/aromatic N) is 1. The van der Waals surface area contributed by atoms with Crippen molar-refractivity contribution in [1.82, 2.24) is 4.90 Å². The van der Waals surface area contributed by atoms with E-state index in [1.165, 1.54) is 12.1 Å². The van der Waals surface area contributed by atoms with Gasteiger partial charge in [0.2, 0.25) is 5.91 Å². The number of carboxylic acids is 1. The summed E-state index contributed by atoms with van der Waals surface area (Å²) in [6.07, 6.45) is 4.45. The van der Waals surface area contributed by atoms with E-state index in [-0.39, 0.29) is 29.7 Å². The molecule has 1 amide bonds. The molecule has 10 heteroatoms. The van der Waals surface area contributed by atoms with Crippen molar-refractivity contribution >= 4 is 44.9 Å². The third kappa shape index (κ3) is 5.33. The molecule has 1 N–H and O–H groups in total. The molecule has 232 valence electrons. The van der Waals surface area contributed by atoms with Crippen LogP contribution >= 0.6 is 23.2 Å². The number of aryl methyl sites for hydroxylation is 2. The Morgan fingerprint density at radius 2 is 1.57 bits per heavy atom. The van der Waals surface area contributed by atoms with Crippen LogP contribution in [0.4, 0.5) is 4.39 Å². The van der Waals surface area contributed by atoms with Crippen molar-refractivity contribution in [2.45, 2.75) is 73.5 Å². The molecule has 1 heterocycles. The fourth-order valence-corrected chi connectivity index (χ4v) is 10.6. The third-order valence-electron chi connectivity index (χ3n) is 9.99. The highest BCUT2D eigenvalue weighted by atomic mass is 35.5. The second-order valence-corrected chi connectivity index (χ2v) is 15.3. The van der Waals surface area contributed by atoms with Gasteiger partial charge in [-0.05, 0) is 116 Å². The zero-order valence-corrected chi connectivity index (χ0v) is 26.5. The molecule has 1 saturated carbocycles. The maximum atomic E-state index is 14.6. The molecule has 0 bridgehead atoms. The van der Waals surface area contributed by atoms with Crippen LogP contribution < -0.4 is 0 Å². The Hall–Kier alpha value is -2.94. The average molecular weight is 659 g/mol. The number of rotatable bonds is 7. The first-order valence-electron chi connectivity index (χ1n) is 15.1. The summed E-state index contributed by atoms with van der Waals surface area (Å²) < 4.78 is 41.8. The van der Waals surface area contributed by atoms with Gasteiger partial charge in [0, 0.05) is 22.5 Å². The van der Waals surface area contributed by atoms with E-state index < -0.39 is 38.3 Å². The lowest BCUT2D eigenvalue weighted by molar-refractivity contribution is -0.146.